The summed E-state index contributed by atoms with van der Waals surface area (Å²) in [5, 5.41) is 4.69. The molecule has 0 unspecified atom stereocenters. The first kappa shape index (κ1) is 19.4. The Kier molecular flexibility index (Phi) is 5.44. The van der Waals surface area contributed by atoms with E-state index in [1.54, 1.807) is 17.5 Å². The number of thiophene rings is 1. The molecule has 2 aliphatic rings. The van der Waals surface area contributed by atoms with Crippen LogP contribution in [0.1, 0.15) is 30.4 Å². The van der Waals surface area contributed by atoms with Crippen LogP contribution in [0.2, 0.25) is 0 Å². The molecule has 1 N–H and O–H groups in total. The number of carbonyl (C=O) groups excluding carboxylic acids is 1. The molecule has 1 aromatic heterocycles. The topological polar surface area (TPSA) is 69.7 Å². The number of nitrogens with one attached hydrogen (secondary N) is 1. The van der Waals surface area contributed by atoms with Crippen LogP contribution in [0.25, 0.3) is 0 Å². The minimum atomic E-state index is -3.61. The summed E-state index contributed by atoms with van der Waals surface area (Å²) in [5.41, 5.74) is 3.61. The minimum absolute atomic E-state index is 0.215. The predicted molar refractivity (Wildman–Crippen MR) is 111 cm³/mol. The zero-order valence-corrected chi connectivity index (χ0v) is 17.6. The summed E-state index contributed by atoms with van der Waals surface area (Å²) in [7, 11) is -1.51. The molecule has 0 saturated carbocycles. The summed E-state index contributed by atoms with van der Waals surface area (Å²) in [6.45, 7) is 1.88. The zero-order chi connectivity index (χ0) is 19.7. The molecule has 1 fully saturated rings. The first-order valence-electron chi connectivity index (χ1n) is 9.63. The maximum absolute atomic E-state index is 12.8. The van der Waals surface area contributed by atoms with Gasteiger partial charge < -0.3 is 10.2 Å². The van der Waals surface area contributed by atoms with Gasteiger partial charge in [-0.2, -0.15) is 4.31 Å². The number of hydrogen-bond donors (Lipinski definition) is 1. The van der Waals surface area contributed by atoms with E-state index in [0.29, 0.717) is 30.1 Å². The van der Waals surface area contributed by atoms with Crippen molar-refractivity contribution < 1.29 is 13.2 Å². The molecule has 1 aromatic carbocycles. The Morgan fingerprint density at radius 3 is 2.89 bits per heavy atom. The Balaban J connectivity index is 1.44. The van der Waals surface area contributed by atoms with Crippen molar-refractivity contribution in [3.63, 3.8) is 0 Å². The molecule has 0 bridgehead atoms. The van der Waals surface area contributed by atoms with Crippen molar-refractivity contribution in [3.05, 3.63) is 46.8 Å². The summed E-state index contributed by atoms with van der Waals surface area (Å²) < 4.78 is 27.3. The first-order valence-corrected chi connectivity index (χ1v) is 11.9. The second-order valence-electron chi connectivity index (χ2n) is 7.41. The molecule has 150 valence electrons. The Morgan fingerprint density at radius 2 is 2.11 bits per heavy atom. The lowest BCUT2D eigenvalue weighted by Gasteiger charge is -2.28. The van der Waals surface area contributed by atoms with Gasteiger partial charge in [0.25, 0.3) is 10.0 Å². The number of carbonyl (C=O) groups is 1. The fourth-order valence-corrected chi connectivity index (χ4v) is 6.85. The molecule has 2 aliphatic heterocycles. The lowest BCUT2D eigenvalue weighted by molar-refractivity contribution is -0.124. The van der Waals surface area contributed by atoms with Gasteiger partial charge in [0.05, 0.1) is 0 Å². The largest absolute Gasteiger partial charge is 0.374 e. The fourth-order valence-electron chi connectivity index (χ4n) is 4.07. The van der Waals surface area contributed by atoms with E-state index in [1.165, 1.54) is 26.9 Å². The summed E-state index contributed by atoms with van der Waals surface area (Å²) in [6, 6.07) is 8.98. The molecule has 0 spiro atoms. The van der Waals surface area contributed by atoms with Crippen molar-refractivity contribution in [1.82, 2.24) is 9.62 Å². The number of hydrogen-bond acceptors (Lipinski definition) is 5. The molecule has 4 rings (SSSR count). The molecule has 6 nitrogen and oxygen atoms in total. The zero-order valence-electron chi connectivity index (χ0n) is 15.9. The van der Waals surface area contributed by atoms with Crippen LogP contribution in [-0.2, 0) is 27.8 Å². The number of nitrogens with zero attached hydrogens (tertiary/aromatic N) is 2. The Bertz CT molecular complexity index is 957. The normalized spacial score (nSPS) is 20.2. The van der Waals surface area contributed by atoms with Crippen molar-refractivity contribution in [2.45, 2.75) is 42.5 Å². The molecule has 1 atom stereocenters. The van der Waals surface area contributed by atoms with E-state index >= 15 is 0 Å². The van der Waals surface area contributed by atoms with Gasteiger partial charge >= 0.3 is 0 Å². The van der Waals surface area contributed by atoms with Gasteiger partial charge in [-0.25, -0.2) is 8.42 Å². The Hall–Kier alpha value is -1.90. The maximum atomic E-state index is 12.8. The third-order valence-electron chi connectivity index (χ3n) is 5.53. The third-order valence-corrected chi connectivity index (χ3v) is 8.81. The highest BCUT2D eigenvalue weighted by Crippen LogP contribution is 2.29. The predicted octanol–water partition coefficient (Wildman–Crippen LogP) is 2.60. The Labute approximate surface area is 170 Å². The lowest BCUT2D eigenvalue weighted by atomic mass is 9.99. The number of sulfonamides is 1. The van der Waals surface area contributed by atoms with Crippen LogP contribution in [0.3, 0.4) is 0 Å². The number of anilines is 1. The quantitative estimate of drug-likeness (QED) is 0.809. The summed E-state index contributed by atoms with van der Waals surface area (Å²) in [5.74, 6) is -0.215. The van der Waals surface area contributed by atoms with E-state index in [-0.39, 0.29) is 5.91 Å². The van der Waals surface area contributed by atoms with Crippen molar-refractivity contribution in [3.8, 4) is 0 Å². The first-order chi connectivity index (χ1) is 13.5. The van der Waals surface area contributed by atoms with Gasteiger partial charge in [-0.15, -0.1) is 11.3 Å². The maximum Gasteiger partial charge on any atom is 0.253 e. The van der Waals surface area contributed by atoms with E-state index in [2.05, 4.69) is 29.4 Å². The van der Waals surface area contributed by atoms with Gasteiger partial charge in [0.1, 0.15) is 10.3 Å². The van der Waals surface area contributed by atoms with Crippen molar-refractivity contribution >= 4 is 33.0 Å². The molecule has 0 aliphatic carbocycles. The highest BCUT2D eigenvalue weighted by atomic mass is 32.2. The molecule has 8 heteroatoms. The smallest absolute Gasteiger partial charge is 0.253 e. The molecule has 1 amide bonds. The number of aryl methyl sites for hydroxylation is 1. The number of amides is 1. The average molecular weight is 420 g/mol. The summed E-state index contributed by atoms with van der Waals surface area (Å²) in [4.78, 5) is 15.0. The molecular formula is C20H25N3O3S2. The van der Waals surface area contributed by atoms with E-state index in [1.807, 2.05) is 6.07 Å². The lowest BCUT2D eigenvalue weighted by Crippen LogP contribution is -2.45. The highest BCUT2D eigenvalue weighted by molar-refractivity contribution is 7.91. The number of benzene rings is 1. The Morgan fingerprint density at radius 1 is 1.25 bits per heavy atom. The summed E-state index contributed by atoms with van der Waals surface area (Å²) >= 11 is 1.19. The third kappa shape index (κ3) is 3.68. The molecular weight excluding hydrogens is 394 g/mol. The second-order valence-corrected chi connectivity index (χ2v) is 10.5. The van der Waals surface area contributed by atoms with Crippen LogP contribution >= 0.6 is 11.3 Å². The van der Waals surface area contributed by atoms with Crippen LogP contribution in [-0.4, -0.2) is 44.8 Å². The minimum Gasteiger partial charge on any atom is -0.374 e. The second kappa shape index (κ2) is 7.85. The SMILES string of the molecule is CN1CCCc2cc(CNC(=O)[C@H]3CCCN3S(=O)(=O)c3cccs3)ccc21. The molecule has 28 heavy (non-hydrogen) atoms. The van der Waals surface area contributed by atoms with Crippen molar-refractivity contribution in [2.24, 2.45) is 0 Å². The van der Waals surface area contributed by atoms with Gasteiger partial charge in [-0.1, -0.05) is 18.2 Å². The number of rotatable bonds is 5. The fraction of sp³-hybridized carbons (Fsp3) is 0.450. The van der Waals surface area contributed by atoms with Gasteiger partial charge in [-0.3, -0.25) is 4.79 Å². The van der Waals surface area contributed by atoms with Crippen LogP contribution in [0.4, 0.5) is 5.69 Å². The van der Waals surface area contributed by atoms with E-state index in [4.69, 9.17) is 0 Å². The van der Waals surface area contributed by atoms with Crippen LogP contribution in [0.5, 0.6) is 0 Å². The van der Waals surface area contributed by atoms with Gasteiger partial charge in [0.15, 0.2) is 0 Å². The van der Waals surface area contributed by atoms with Gasteiger partial charge in [-0.05, 0) is 54.3 Å². The van der Waals surface area contributed by atoms with Crippen molar-refractivity contribution in [1.29, 1.82) is 0 Å². The van der Waals surface area contributed by atoms with Crippen LogP contribution < -0.4 is 10.2 Å². The highest BCUT2D eigenvalue weighted by Gasteiger charge is 2.39. The van der Waals surface area contributed by atoms with E-state index in [0.717, 1.165) is 24.9 Å². The van der Waals surface area contributed by atoms with E-state index < -0.39 is 16.1 Å². The van der Waals surface area contributed by atoms with Crippen molar-refractivity contribution in [2.75, 3.05) is 25.0 Å². The number of fused-ring (bicyclic) bond motifs is 1. The summed E-state index contributed by atoms with van der Waals surface area (Å²) in [6.07, 6.45) is 3.45. The molecule has 1 saturated heterocycles. The van der Waals surface area contributed by atoms with Crippen LogP contribution in [0.15, 0.2) is 39.9 Å². The standard InChI is InChI=1S/C20H25N3O3S2/c1-22-10-2-5-16-13-15(8-9-17(16)22)14-21-20(24)18-6-3-11-23(18)28(25,26)19-7-4-12-27-19/h4,7-9,12-13,18H,2-3,5-6,10-11,14H2,1H3,(H,21,24)/t18-/m1/s1. The molecule has 0 radical (unpaired) electrons. The van der Waals surface area contributed by atoms with Gasteiger partial charge in [0, 0.05) is 32.4 Å². The molecule has 3 heterocycles. The van der Waals surface area contributed by atoms with E-state index in [9.17, 15) is 13.2 Å². The average Bonchev–Trinajstić information content (AvgIpc) is 3.38. The molecule has 2 aromatic rings. The van der Waals surface area contributed by atoms with Crippen LogP contribution in [0, 0.1) is 0 Å². The monoisotopic (exact) mass is 419 g/mol. The van der Waals surface area contributed by atoms with Gasteiger partial charge in [0.2, 0.25) is 5.91 Å².